The molecule has 0 saturated carbocycles. The number of hydrogen-bond acceptors (Lipinski definition) is 2. The van der Waals surface area contributed by atoms with Crippen LogP contribution in [0, 0.1) is 0 Å². The molecule has 0 aromatic heterocycles. The lowest BCUT2D eigenvalue weighted by atomic mass is 10.1. The van der Waals surface area contributed by atoms with E-state index in [1.807, 2.05) is 0 Å². The van der Waals surface area contributed by atoms with Gasteiger partial charge in [0.2, 0.25) is 0 Å². The summed E-state index contributed by atoms with van der Waals surface area (Å²) in [4.78, 5) is 11.9. The third-order valence-corrected chi connectivity index (χ3v) is 2.80. The van der Waals surface area contributed by atoms with Gasteiger partial charge in [0.1, 0.15) is 6.54 Å². The van der Waals surface area contributed by atoms with Gasteiger partial charge in [0.05, 0.1) is 10.6 Å². The highest BCUT2D eigenvalue weighted by atomic mass is 35.5. The van der Waals surface area contributed by atoms with Gasteiger partial charge in [0.15, 0.2) is 0 Å². The van der Waals surface area contributed by atoms with Crippen LogP contribution in [-0.2, 0) is 0 Å². The largest absolute Gasteiger partial charge is 0.478 e. The molecule has 0 unspecified atom stereocenters. The average Bonchev–Trinajstić information content (AvgIpc) is 2.23. The van der Waals surface area contributed by atoms with Gasteiger partial charge < -0.3 is 10.0 Å². The minimum atomic E-state index is -4.35. The molecule has 1 aromatic rings. The number of halogens is 4. The molecular formula is C12H13ClF3NO2. The number of benzene rings is 1. The molecule has 3 nitrogen and oxygen atoms in total. The highest BCUT2D eigenvalue weighted by molar-refractivity contribution is 6.33. The van der Waals surface area contributed by atoms with E-state index in [9.17, 15) is 18.0 Å². The Labute approximate surface area is 113 Å². The molecule has 0 saturated heterocycles. The van der Waals surface area contributed by atoms with Crippen molar-refractivity contribution in [2.45, 2.75) is 26.1 Å². The van der Waals surface area contributed by atoms with Crippen LogP contribution in [0.4, 0.5) is 18.9 Å². The van der Waals surface area contributed by atoms with Gasteiger partial charge in [-0.15, -0.1) is 0 Å². The average molecular weight is 296 g/mol. The van der Waals surface area contributed by atoms with E-state index in [1.165, 1.54) is 18.2 Å². The van der Waals surface area contributed by atoms with Crippen molar-refractivity contribution in [1.82, 2.24) is 0 Å². The zero-order valence-electron chi connectivity index (χ0n) is 10.3. The zero-order chi connectivity index (χ0) is 14.8. The monoisotopic (exact) mass is 295 g/mol. The maximum absolute atomic E-state index is 12.5. The summed E-state index contributed by atoms with van der Waals surface area (Å²) in [6, 6.07) is 3.36. The molecule has 0 aliphatic rings. The number of carboxylic acid groups (broad SMARTS) is 1. The Kier molecular flexibility index (Phi) is 4.68. The minimum Gasteiger partial charge on any atom is -0.478 e. The highest BCUT2D eigenvalue weighted by Gasteiger charge is 2.32. The third kappa shape index (κ3) is 4.31. The van der Waals surface area contributed by atoms with Crippen molar-refractivity contribution < 1.29 is 23.1 Å². The van der Waals surface area contributed by atoms with Gasteiger partial charge in [0.25, 0.3) is 0 Å². The summed E-state index contributed by atoms with van der Waals surface area (Å²) in [6.07, 6.45) is -4.35. The van der Waals surface area contributed by atoms with Crippen LogP contribution in [0.2, 0.25) is 5.02 Å². The van der Waals surface area contributed by atoms with Gasteiger partial charge in [-0.1, -0.05) is 11.6 Å². The van der Waals surface area contributed by atoms with E-state index >= 15 is 0 Å². The number of aromatic carboxylic acids is 1. The molecule has 1 N–H and O–H groups in total. The highest BCUT2D eigenvalue weighted by Crippen LogP contribution is 2.28. The van der Waals surface area contributed by atoms with E-state index in [1.54, 1.807) is 13.8 Å². The van der Waals surface area contributed by atoms with Crippen molar-refractivity contribution in [2.24, 2.45) is 0 Å². The summed E-state index contributed by atoms with van der Waals surface area (Å²) in [5.41, 5.74) is 0.100. The first-order valence-electron chi connectivity index (χ1n) is 5.48. The predicted octanol–water partition coefficient (Wildman–Crippen LogP) is 3.82. The first-order valence-corrected chi connectivity index (χ1v) is 5.86. The lowest BCUT2D eigenvalue weighted by Crippen LogP contribution is -2.39. The lowest BCUT2D eigenvalue weighted by molar-refractivity contribution is -0.120. The fourth-order valence-corrected chi connectivity index (χ4v) is 1.88. The first kappa shape index (κ1) is 15.6. The number of anilines is 1. The molecule has 0 spiro atoms. The molecule has 0 fully saturated rings. The van der Waals surface area contributed by atoms with E-state index in [4.69, 9.17) is 16.7 Å². The van der Waals surface area contributed by atoms with Crippen molar-refractivity contribution >= 4 is 23.3 Å². The van der Waals surface area contributed by atoms with Crippen molar-refractivity contribution in [1.29, 1.82) is 0 Å². The number of rotatable bonds is 4. The molecule has 0 radical (unpaired) electrons. The van der Waals surface area contributed by atoms with Gasteiger partial charge in [-0.3, -0.25) is 0 Å². The standard InChI is InChI=1S/C12H13ClF3NO2/c1-7(2)17(6-12(14,15)16)8-3-4-9(11(18)19)10(13)5-8/h3-5,7H,6H2,1-2H3,(H,18,19). The topological polar surface area (TPSA) is 40.5 Å². The van der Waals surface area contributed by atoms with Gasteiger partial charge in [-0.25, -0.2) is 4.79 Å². The fourth-order valence-electron chi connectivity index (χ4n) is 1.62. The number of carbonyl (C=O) groups is 1. The van der Waals surface area contributed by atoms with Crippen molar-refractivity contribution in [2.75, 3.05) is 11.4 Å². The normalized spacial score (nSPS) is 11.7. The summed E-state index contributed by atoms with van der Waals surface area (Å²) in [5, 5.41) is 8.73. The smallest absolute Gasteiger partial charge is 0.405 e. The van der Waals surface area contributed by atoms with Crippen LogP contribution in [0.5, 0.6) is 0 Å². The van der Waals surface area contributed by atoms with Crippen LogP contribution in [0.1, 0.15) is 24.2 Å². The lowest BCUT2D eigenvalue weighted by Gasteiger charge is -2.30. The summed E-state index contributed by atoms with van der Waals surface area (Å²) in [7, 11) is 0. The zero-order valence-corrected chi connectivity index (χ0v) is 11.1. The first-order chi connectivity index (χ1) is 8.61. The Balaban J connectivity index is 3.11. The Morgan fingerprint density at radius 2 is 2.00 bits per heavy atom. The molecule has 1 rings (SSSR count). The maximum Gasteiger partial charge on any atom is 0.405 e. The van der Waals surface area contributed by atoms with E-state index in [0.29, 0.717) is 0 Å². The van der Waals surface area contributed by atoms with Crippen LogP contribution in [0.25, 0.3) is 0 Å². The quantitative estimate of drug-likeness (QED) is 0.918. The molecule has 0 bridgehead atoms. The van der Waals surface area contributed by atoms with Crippen molar-refractivity contribution in [3.05, 3.63) is 28.8 Å². The third-order valence-electron chi connectivity index (χ3n) is 2.49. The fraction of sp³-hybridized carbons (Fsp3) is 0.417. The molecule has 106 valence electrons. The molecule has 0 aliphatic carbocycles. The Morgan fingerprint density at radius 1 is 1.42 bits per heavy atom. The van der Waals surface area contributed by atoms with Crippen molar-refractivity contribution in [3.63, 3.8) is 0 Å². The predicted molar refractivity (Wildman–Crippen MR) is 66.9 cm³/mol. The summed E-state index contributed by atoms with van der Waals surface area (Å²) >= 11 is 5.76. The van der Waals surface area contributed by atoms with E-state index in [0.717, 1.165) is 4.90 Å². The molecule has 19 heavy (non-hydrogen) atoms. The number of carboxylic acids is 1. The van der Waals surface area contributed by atoms with Gasteiger partial charge in [0, 0.05) is 11.7 Å². The van der Waals surface area contributed by atoms with Crippen LogP contribution in [0.3, 0.4) is 0 Å². The molecule has 0 amide bonds. The SMILES string of the molecule is CC(C)N(CC(F)(F)F)c1ccc(C(=O)O)c(Cl)c1. The van der Waals surface area contributed by atoms with E-state index in [2.05, 4.69) is 0 Å². The summed E-state index contributed by atoms with van der Waals surface area (Å²) < 4.78 is 37.5. The van der Waals surface area contributed by atoms with Gasteiger partial charge in [-0.2, -0.15) is 13.2 Å². The molecule has 0 heterocycles. The van der Waals surface area contributed by atoms with Gasteiger partial charge in [-0.05, 0) is 32.0 Å². The Bertz CT molecular complexity index is 475. The Morgan fingerprint density at radius 3 is 2.37 bits per heavy atom. The molecule has 7 heteroatoms. The van der Waals surface area contributed by atoms with Crippen LogP contribution in [-0.4, -0.2) is 29.8 Å². The second-order valence-electron chi connectivity index (χ2n) is 4.31. The second kappa shape index (κ2) is 5.69. The van der Waals surface area contributed by atoms with E-state index in [-0.39, 0.29) is 16.3 Å². The van der Waals surface area contributed by atoms with Gasteiger partial charge >= 0.3 is 12.1 Å². The van der Waals surface area contributed by atoms with E-state index < -0.39 is 24.7 Å². The van der Waals surface area contributed by atoms with Crippen LogP contribution >= 0.6 is 11.6 Å². The Hall–Kier alpha value is -1.43. The summed E-state index contributed by atoms with van der Waals surface area (Å²) in [5.74, 6) is -1.22. The van der Waals surface area contributed by atoms with Crippen LogP contribution in [0.15, 0.2) is 18.2 Å². The maximum atomic E-state index is 12.5. The number of hydrogen-bond donors (Lipinski definition) is 1. The molecule has 1 aromatic carbocycles. The molecular weight excluding hydrogens is 283 g/mol. The number of alkyl halides is 3. The van der Waals surface area contributed by atoms with Crippen molar-refractivity contribution in [3.8, 4) is 0 Å². The minimum absolute atomic E-state index is 0.0853. The molecule has 0 atom stereocenters. The molecule has 0 aliphatic heterocycles. The summed E-state index contributed by atoms with van der Waals surface area (Å²) in [6.45, 7) is 2.11. The number of nitrogens with zero attached hydrogens (tertiary/aromatic N) is 1. The second-order valence-corrected chi connectivity index (χ2v) is 4.71. The van der Waals surface area contributed by atoms with Crippen LogP contribution < -0.4 is 4.90 Å².